The summed E-state index contributed by atoms with van der Waals surface area (Å²) in [4.78, 5) is 0. The van der Waals surface area contributed by atoms with E-state index in [4.69, 9.17) is 0 Å². The Bertz CT molecular complexity index is 328. The van der Waals surface area contributed by atoms with Crippen LogP contribution < -0.4 is 5.32 Å². The van der Waals surface area contributed by atoms with Gasteiger partial charge in [-0.1, -0.05) is 13.8 Å². The fraction of sp³-hybridized carbons (Fsp3) is 0.750. The lowest BCUT2D eigenvalue weighted by Gasteiger charge is -2.21. The molecule has 0 saturated carbocycles. The molecule has 1 aliphatic heterocycles. The number of anilines is 1. The van der Waals surface area contributed by atoms with E-state index in [2.05, 4.69) is 41.9 Å². The van der Waals surface area contributed by atoms with Crippen molar-refractivity contribution in [3.63, 3.8) is 0 Å². The lowest BCUT2D eigenvalue weighted by atomic mass is 10.1. The quantitative estimate of drug-likeness (QED) is 0.826. The lowest BCUT2D eigenvalue weighted by molar-refractivity contribution is 0.447. The minimum atomic E-state index is 0.550. The average molecular weight is 207 g/mol. The van der Waals surface area contributed by atoms with Crippen LogP contribution >= 0.6 is 0 Å². The third kappa shape index (κ3) is 2.33. The maximum atomic E-state index is 4.66. The van der Waals surface area contributed by atoms with E-state index >= 15 is 0 Å². The SMILES string of the molecule is CC(C)CCc1cc2n(n1)C(C)CCN2. The molecule has 1 aromatic heterocycles. The van der Waals surface area contributed by atoms with Crippen molar-refractivity contribution in [1.82, 2.24) is 9.78 Å². The molecule has 1 aromatic rings. The van der Waals surface area contributed by atoms with Crippen molar-refractivity contribution >= 4 is 5.82 Å². The van der Waals surface area contributed by atoms with Crippen LogP contribution in [0.15, 0.2) is 6.07 Å². The van der Waals surface area contributed by atoms with Crippen molar-refractivity contribution in [3.8, 4) is 0 Å². The molecule has 2 heterocycles. The van der Waals surface area contributed by atoms with Crippen molar-refractivity contribution in [1.29, 1.82) is 0 Å². The summed E-state index contributed by atoms with van der Waals surface area (Å²) < 4.78 is 2.14. The second kappa shape index (κ2) is 4.25. The summed E-state index contributed by atoms with van der Waals surface area (Å²) in [6.07, 6.45) is 3.51. The van der Waals surface area contributed by atoms with Crippen LogP contribution in [-0.4, -0.2) is 16.3 Å². The van der Waals surface area contributed by atoms with Crippen LogP contribution in [0.25, 0.3) is 0 Å². The van der Waals surface area contributed by atoms with Crippen molar-refractivity contribution in [2.75, 3.05) is 11.9 Å². The highest BCUT2D eigenvalue weighted by Gasteiger charge is 2.17. The van der Waals surface area contributed by atoms with Crippen molar-refractivity contribution < 1.29 is 0 Å². The summed E-state index contributed by atoms with van der Waals surface area (Å²) in [6, 6.07) is 2.76. The first-order chi connectivity index (χ1) is 7.16. The van der Waals surface area contributed by atoms with Gasteiger partial charge in [0.05, 0.1) is 11.7 Å². The molecule has 0 amide bonds. The Morgan fingerprint density at radius 3 is 3.07 bits per heavy atom. The van der Waals surface area contributed by atoms with Crippen LogP contribution in [0.2, 0.25) is 0 Å². The molecule has 1 unspecified atom stereocenters. The Morgan fingerprint density at radius 1 is 1.60 bits per heavy atom. The summed E-state index contributed by atoms with van der Waals surface area (Å²) in [5.74, 6) is 1.96. The van der Waals surface area contributed by atoms with Crippen LogP contribution in [0, 0.1) is 5.92 Å². The largest absolute Gasteiger partial charge is 0.370 e. The lowest BCUT2D eigenvalue weighted by Crippen LogP contribution is -2.21. The topological polar surface area (TPSA) is 29.9 Å². The molecule has 0 aliphatic carbocycles. The number of aromatic nitrogens is 2. The van der Waals surface area contributed by atoms with Gasteiger partial charge in [-0.25, -0.2) is 4.68 Å². The number of nitrogens with one attached hydrogen (secondary N) is 1. The predicted octanol–water partition coefficient (Wildman–Crippen LogP) is 2.85. The Labute approximate surface area is 91.9 Å². The summed E-state index contributed by atoms with van der Waals surface area (Å²) in [5, 5.41) is 8.06. The maximum absolute atomic E-state index is 4.66. The van der Waals surface area contributed by atoms with E-state index < -0.39 is 0 Å². The standard InChI is InChI=1S/C12H21N3/c1-9(2)4-5-11-8-12-13-7-6-10(3)15(12)14-11/h8-10,13H,4-7H2,1-3H3. The molecule has 3 nitrogen and oxygen atoms in total. The molecule has 0 bridgehead atoms. The van der Waals surface area contributed by atoms with Gasteiger partial charge >= 0.3 is 0 Å². The molecule has 15 heavy (non-hydrogen) atoms. The predicted molar refractivity (Wildman–Crippen MR) is 63.2 cm³/mol. The highest BCUT2D eigenvalue weighted by Crippen LogP contribution is 2.24. The molecular formula is C12H21N3. The third-order valence-electron chi connectivity index (χ3n) is 3.05. The zero-order chi connectivity index (χ0) is 10.8. The van der Waals surface area contributed by atoms with E-state index in [1.165, 1.54) is 24.4 Å². The van der Waals surface area contributed by atoms with Gasteiger partial charge in [-0.2, -0.15) is 5.10 Å². The van der Waals surface area contributed by atoms with E-state index in [1.807, 2.05) is 0 Å². The maximum Gasteiger partial charge on any atom is 0.124 e. The zero-order valence-corrected chi connectivity index (χ0v) is 9.95. The normalized spacial score (nSPS) is 20.1. The Kier molecular flexibility index (Phi) is 2.98. The van der Waals surface area contributed by atoms with Gasteiger partial charge in [0.15, 0.2) is 0 Å². The highest BCUT2D eigenvalue weighted by atomic mass is 15.4. The number of rotatable bonds is 3. The smallest absolute Gasteiger partial charge is 0.124 e. The van der Waals surface area contributed by atoms with Crippen LogP contribution in [0.1, 0.15) is 45.3 Å². The Balaban J connectivity index is 2.08. The fourth-order valence-corrected chi connectivity index (χ4v) is 2.00. The number of fused-ring (bicyclic) bond motifs is 1. The van der Waals surface area contributed by atoms with Gasteiger partial charge in [0.1, 0.15) is 5.82 Å². The van der Waals surface area contributed by atoms with Crippen LogP contribution in [-0.2, 0) is 6.42 Å². The number of hydrogen-bond acceptors (Lipinski definition) is 2. The molecule has 0 aromatic carbocycles. The van der Waals surface area contributed by atoms with Crippen LogP contribution in [0.3, 0.4) is 0 Å². The number of aryl methyl sites for hydroxylation is 1. The van der Waals surface area contributed by atoms with Gasteiger partial charge in [0.25, 0.3) is 0 Å². The summed E-state index contributed by atoms with van der Waals surface area (Å²) in [5.41, 5.74) is 1.24. The van der Waals surface area contributed by atoms with Gasteiger partial charge in [-0.05, 0) is 32.1 Å². The molecule has 1 N–H and O–H groups in total. The zero-order valence-electron chi connectivity index (χ0n) is 9.95. The van der Waals surface area contributed by atoms with Gasteiger partial charge < -0.3 is 5.32 Å². The van der Waals surface area contributed by atoms with E-state index in [0.717, 1.165) is 18.9 Å². The molecule has 1 aliphatic rings. The second-order valence-electron chi connectivity index (χ2n) is 4.96. The van der Waals surface area contributed by atoms with E-state index in [9.17, 15) is 0 Å². The van der Waals surface area contributed by atoms with Gasteiger partial charge in [0, 0.05) is 12.6 Å². The third-order valence-corrected chi connectivity index (χ3v) is 3.05. The first-order valence-electron chi connectivity index (χ1n) is 5.99. The molecule has 3 heteroatoms. The minimum Gasteiger partial charge on any atom is -0.370 e. The molecule has 0 spiro atoms. The summed E-state index contributed by atoms with van der Waals surface area (Å²) >= 11 is 0. The van der Waals surface area contributed by atoms with Crippen molar-refractivity contribution in [2.45, 2.75) is 46.1 Å². The molecule has 2 rings (SSSR count). The molecule has 0 saturated heterocycles. The van der Waals surface area contributed by atoms with E-state index in [1.54, 1.807) is 0 Å². The monoisotopic (exact) mass is 207 g/mol. The first-order valence-corrected chi connectivity index (χ1v) is 5.99. The van der Waals surface area contributed by atoms with Crippen molar-refractivity contribution in [2.24, 2.45) is 5.92 Å². The average Bonchev–Trinajstić information content (AvgIpc) is 2.59. The molecule has 0 fully saturated rings. The van der Waals surface area contributed by atoms with Crippen LogP contribution in [0.4, 0.5) is 5.82 Å². The van der Waals surface area contributed by atoms with Gasteiger partial charge in [0.2, 0.25) is 0 Å². The molecular weight excluding hydrogens is 186 g/mol. The second-order valence-corrected chi connectivity index (χ2v) is 4.96. The Morgan fingerprint density at radius 2 is 2.40 bits per heavy atom. The molecule has 84 valence electrons. The molecule has 1 atom stereocenters. The fourth-order valence-electron chi connectivity index (χ4n) is 2.00. The molecule has 0 radical (unpaired) electrons. The van der Waals surface area contributed by atoms with Crippen LogP contribution in [0.5, 0.6) is 0 Å². The van der Waals surface area contributed by atoms with E-state index in [-0.39, 0.29) is 0 Å². The minimum absolute atomic E-state index is 0.550. The van der Waals surface area contributed by atoms with Gasteiger partial charge in [-0.3, -0.25) is 0 Å². The summed E-state index contributed by atoms with van der Waals surface area (Å²) in [7, 11) is 0. The summed E-state index contributed by atoms with van der Waals surface area (Å²) in [6.45, 7) is 7.84. The van der Waals surface area contributed by atoms with E-state index in [0.29, 0.717) is 6.04 Å². The number of nitrogens with zero attached hydrogens (tertiary/aromatic N) is 2. The Hall–Kier alpha value is -0.990. The number of hydrogen-bond donors (Lipinski definition) is 1. The van der Waals surface area contributed by atoms with Gasteiger partial charge in [-0.15, -0.1) is 0 Å². The first kappa shape index (κ1) is 10.5. The highest BCUT2D eigenvalue weighted by molar-refractivity contribution is 5.39. The van der Waals surface area contributed by atoms with Crippen molar-refractivity contribution in [3.05, 3.63) is 11.8 Å².